The van der Waals surface area contributed by atoms with Gasteiger partial charge in [-0.15, -0.1) is 0 Å². The summed E-state index contributed by atoms with van der Waals surface area (Å²) < 4.78 is 19.7. The Labute approximate surface area is 189 Å². The number of amides is 3. The topological polar surface area (TPSA) is 90.9 Å². The van der Waals surface area contributed by atoms with E-state index in [-0.39, 0.29) is 18.9 Å². The van der Waals surface area contributed by atoms with Gasteiger partial charge in [0.15, 0.2) is 0 Å². The van der Waals surface area contributed by atoms with Gasteiger partial charge in [0.1, 0.15) is 11.9 Å². The fourth-order valence-corrected chi connectivity index (χ4v) is 4.52. The molecule has 1 fully saturated rings. The minimum Gasteiger partial charge on any atom is -0.389 e. The predicted molar refractivity (Wildman–Crippen MR) is 125 cm³/mol. The number of benzene rings is 2. The second-order valence-corrected chi connectivity index (χ2v) is 12.7. The van der Waals surface area contributed by atoms with Crippen LogP contribution in [0.5, 0.6) is 0 Å². The molecule has 1 atom stereocenters. The van der Waals surface area contributed by atoms with E-state index in [4.69, 9.17) is 4.74 Å². The number of carbonyl (C=O) groups is 2. The second-order valence-electron chi connectivity index (χ2n) is 8.59. The lowest BCUT2D eigenvalue weighted by molar-refractivity contribution is -0.118. The molecule has 1 saturated heterocycles. The molecular weight excluding hydrogens is 433 g/mol. The molecule has 3 rings (SSSR count). The van der Waals surface area contributed by atoms with Gasteiger partial charge in [0.2, 0.25) is 0 Å². The van der Waals surface area contributed by atoms with E-state index >= 15 is 0 Å². The van der Waals surface area contributed by atoms with Crippen molar-refractivity contribution in [3.63, 3.8) is 0 Å². The van der Waals surface area contributed by atoms with Crippen molar-refractivity contribution in [1.29, 1.82) is 0 Å². The average molecular weight is 464 g/mol. The van der Waals surface area contributed by atoms with Crippen LogP contribution in [0.1, 0.15) is 17.2 Å². The van der Waals surface area contributed by atoms with Gasteiger partial charge in [0.25, 0.3) is 5.91 Å². The molecule has 1 aliphatic heterocycles. The molecule has 3 amide bonds. The van der Waals surface area contributed by atoms with Gasteiger partial charge in [-0.2, -0.15) is 0 Å². The maximum atomic E-state index is 14.6. The molecule has 3 N–H and O–H groups in total. The van der Waals surface area contributed by atoms with Crippen LogP contribution >= 0.6 is 10.0 Å². The summed E-state index contributed by atoms with van der Waals surface area (Å²) in [5.74, 6) is -0.862. The third-order valence-corrected chi connectivity index (χ3v) is 6.81. The highest BCUT2D eigenvalue weighted by molar-refractivity contribution is 8.32. The molecule has 2 aromatic rings. The minimum atomic E-state index is -1.25. The molecule has 0 spiro atoms. The summed E-state index contributed by atoms with van der Waals surface area (Å²) in [4.78, 5) is 27.7. The van der Waals surface area contributed by atoms with E-state index in [1.165, 1.54) is 11.0 Å². The standard InChI is InChI=1S/C23H30FN3O4S/c1-31-14-15-5-7-16(8-6-15)21(26-23(30)27-12-18(28)13-27)22(29)25-17-9-10-20(19(24)11-17)32(2,3)4/h5-11,18,21,28H,12-14H2,1-4H3,(H,25,29)(H,26,30)/t21-/m1/s1. The van der Waals surface area contributed by atoms with Crippen LogP contribution in [0, 0.1) is 5.82 Å². The molecule has 174 valence electrons. The van der Waals surface area contributed by atoms with Crippen LogP contribution in [-0.2, 0) is 16.1 Å². The zero-order valence-corrected chi connectivity index (χ0v) is 19.5. The third-order valence-electron chi connectivity index (χ3n) is 5.16. The summed E-state index contributed by atoms with van der Waals surface area (Å²) in [7, 11) is 0.340. The number of hydrogen-bond acceptors (Lipinski definition) is 4. The molecular formula is C23H30FN3O4S. The lowest BCUT2D eigenvalue weighted by Gasteiger charge is -2.36. The molecule has 2 aromatic carbocycles. The van der Waals surface area contributed by atoms with Crippen molar-refractivity contribution in [1.82, 2.24) is 10.2 Å². The van der Waals surface area contributed by atoms with E-state index in [2.05, 4.69) is 10.6 Å². The van der Waals surface area contributed by atoms with Crippen LogP contribution in [0.2, 0.25) is 0 Å². The second kappa shape index (κ2) is 9.89. The quantitative estimate of drug-likeness (QED) is 0.589. The monoisotopic (exact) mass is 463 g/mol. The van der Waals surface area contributed by atoms with Crippen LogP contribution in [-0.4, -0.2) is 67.0 Å². The highest BCUT2D eigenvalue weighted by atomic mass is 32.3. The van der Waals surface area contributed by atoms with Crippen molar-refractivity contribution in [3.05, 3.63) is 59.4 Å². The lowest BCUT2D eigenvalue weighted by Crippen LogP contribution is -2.57. The van der Waals surface area contributed by atoms with Crippen LogP contribution < -0.4 is 10.6 Å². The SMILES string of the molecule is COCc1ccc([C@@H](NC(=O)N2CC(O)C2)C(=O)Nc2ccc(S(C)(C)C)c(F)c2)cc1. The van der Waals surface area contributed by atoms with E-state index in [1.54, 1.807) is 31.4 Å². The number of halogens is 1. The molecule has 9 heteroatoms. The van der Waals surface area contributed by atoms with Gasteiger partial charge in [-0.05, 0) is 48.1 Å². The largest absolute Gasteiger partial charge is 0.389 e. The number of likely N-dealkylation sites (tertiary alicyclic amines) is 1. The Morgan fingerprint density at radius 2 is 1.84 bits per heavy atom. The Bertz CT molecular complexity index is 972. The van der Waals surface area contributed by atoms with E-state index in [0.29, 0.717) is 22.8 Å². The zero-order valence-electron chi connectivity index (χ0n) is 18.7. The molecule has 0 unspecified atom stereocenters. The van der Waals surface area contributed by atoms with Crippen molar-refractivity contribution >= 4 is 27.7 Å². The van der Waals surface area contributed by atoms with Crippen LogP contribution in [0.25, 0.3) is 0 Å². The van der Waals surface area contributed by atoms with Crippen LogP contribution in [0.15, 0.2) is 47.4 Å². The average Bonchev–Trinajstić information content (AvgIpc) is 2.69. The van der Waals surface area contributed by atoms with E-state index in [9.17, 15) is 19.1 Å². The molecule has 0 aliphatic carbocycles. The molecule has 0 aromatic heterocycles. The van der Waals surface area contributed by atoms with Crippen LogP contribution in [0.4, 0.5) is 14.9 Å². The molecule has 32 heavy (non-hydrogen) atoms. The number of rotatable bonds is 7. The summed E-state index contributed by atoms with van der Waals surface area (Å²) in [5.41, 5.74) is 1.82. The Morgan fingerprint density at radius 1 is 1.19 bits per heavy atom. The summed E-state index contributed by atoms with van der Waals surface area (Å²) in [6.07, 6.45) is 5.44. The molecule has 1 aliphatic rings. The Kier molecular flexibility index (Phi) is 7.43. The molecule has 1 heterocycles. The van der Waals surface area contributed by atoms with Gasteiger partial charge in [-0.3, -0.25) is 4.79 Å². The normalized spacial score (nSPS) is 15.6. The zero-order chi connectivity index (χ0) is 23.5. The third kappa shape index (κ3) is 5.79. The fraction of sp³-hybridized carbons (Fsp3) is 0.391. The number of aliphatic hydroxyl groups excluding tert-OH is 1. The minimum absolute atomic E-state index is 0.217. The van der Waals surface area contributed by atoms with Crippen molar-refractivity contribution in [2.45, 2.75) is 23.6 Å². The van der Waals surface area contributed by atoms with Gasteiger partial charge in [0, 0.05) is 17.7 Å². The molecule has 0 radical (unpaired) electrons. The van der Waals surface area contributed by atoms with Crippen molar-refractivity contribution < 1.29 is 23.8 Å². The first-order valence-electron chi connectivity index (χ1n) is 10.2. The Morgan fingerprint density at radius 3 is 2.38 bits per heavy atom. The molecule has 7 nitrogen and oxygen atoms in total. The van der Waals surface area contributed by atoms with E-state index in [0.717, 1.165) is 5.56 Å². The summed E-state index contributed by atoms with van der Waals surface area (Å²) in [6.45, 7) is 0.861. The van der Waals surface area contributed by atoms with Gasteiger partial charge < -0.3 is 25.4 Å². The van der Waals surface area contributed by atoms with E-state index in [1.807, 2.05) is 30.9 Å². The first-order valence-corrected chi connectivity index (χ1v) is 13.0. The highest BCUT2D eigenvalue weighted by Gasteiger charge is 2.32. The summed E-state index contributed by atoms with van der Waals surface area (Å²) in [5, 5.41) is 14.9. The van der Waals surface area contributed by atoms with Crippen LogP contribution in [0.3, 0.4) is 0 Å². The number of hydrogen-bond donors (Lipinski definition) is 3. The van der Waals surface area contributed by atoms with Gasteiger partial charge >= 0.3 is 6.03 Å². The first-order chi connectivity index (χ1) is 15.1. The number of aliphatic hydroxyl groups is 1. The Balaban J connectivity index is 1.81. The number of ether oxygens (including phenoxy) is 1. The van der Waals surface area contributed by atoms with Gasteiger partial charge in [-0.1, -0.05) is 24.3 Å². The fourth-order valence-electron chi connectivity index (χ4n) is 3.40. The summed E-state index contributed by atoms with van der Waals surface area (Å²) >= 11 is 0. The van der Waals surface area contributed by atoms with Crippen molar-refractivity contribution in [3.8, 4) is 0 Å². The number of methoxy groups -OCH3 is 1. The highest BCUT2D eigenvalue weighted by Crippen LogP contribution is 2.46. The number of carbonyl (C=O) groups excluding carboxylic acids is 2. The van der Waals surface area contributed by atoms with Gasteiger partial charge in [-0.25, -0.2) is 19.2 Å². The first kappa shape index (κ1) is 24.0. The Hall–Kier alpha value is -2.62. The lowest BCUT2D eigenvalue weighted by atomic mass is 10.0. The number of nitrogens with zero attached hydrogens (tertiary/aromatic N) is 1. The number of nitrogens with one attached hydrogen (secondary N) is 2. The maximum Gasteiger partial charge on any atom is 0.318 e. The molecule has 0 bridgehead atoms. The van der Waals surface area contributed by atoms with Gasteiger partial charge in [0.05, 0.1) is 25.8 Å². The van der Waals surface area contributed by atoms with Crippen molar-refractivity contribution in [2.24, 2.45) is 0 Å². The predicted octanol–water partition coefficient (Wildman–Crippen LogP) is 3.09. The van der Waals surface area contributed by atoms with E-state index < -0.39 is 34.1 Å². The van der Waals surface area contributed by atoms with Crippen molar-refractivity contribution in [2.75, 3.05) is 44.3 Å². The number of urea groups is 1. The maximum absolute atomic E-state index is 14.6. The molecule has 0 saturated carbocycles. The summed E-state index contributed by atoms with van der Waals surface area (Å²) in [6, 6.07) is 10.3. The number of β-amino-alcohol motifs (C(OH)–C–C–N with tert-alkyl or cyclic N) is 1. The smallest absolute Gasteiger partial charge is 0.318 e. The number of anilines is 1.